The molecular formula is C24H40N2O4S. The van der Waals surface area contributed by atoms with E-state index in [-0.39, 0.29) is 29.8 Å². The molecule has 0 fully saturated rings. The van der Waals surface area contributed by atoms with Crippen molar-refractivity contribution >= 4 is 23.6 Å². The lowest BCUT2D eigenvalue weighted by molar-refractivity contribution is -0.144. The molecule has 1 aromatic carbocycles. The largest absolute Gasteiger partial charge is 0.469 e. The number of carbonyl (C=O) groups is 2. The summed E-state index contributed by atoms with van der Waals surface area (Å²) < 4.78 is 4.85. The number of methoxy groups -OCH3 is 1. The Morgan fingerprint density at radius 1 is 1.23 bits per heavy atom. The topological polar surface area (TPSA) is 87.7 Å². The maximum absolute atomic E-state index is 13.0. The molecule has 0 aliphatic carbocycles. The second kappa shape index (κ2) is 13.1. The second-order valence-corrected chi connectivity index (χ2v) is 10.3. The molecule has 0 spiro atoms. The lowest BCUT2D eigenvalue weighted by atomic mass is 9.75. The van der Waals surface area contributed by atoms with Gasteiger partial charge >= 0.3 is 5.97 Å². The molecule has 0 aliphatic heterocycles. The van der Waals surface area contributed by atoms with E-state index in [1.807, 2.05) is 38.1 Å². The van der Waals surface area contributed by atoms with Crippen molar-refractivity contribution in [2.45, 2.75) is 58.8 Å². The van der Waals surface area contributed by atoms with E-state index in [2.05, 4.69) is 24.7 Å². The fourth-order valence-electron chi connectivity index (χ4n) is 3.73. The molecule has 0 saturated heterocycles. The predicted octanol–water partition coefficient (Wildman–Crippen LogP) is 3.47. The fraction of sp³-hybridized carbons (Fsp3) is 0.667. The first-order chi connectivity index (χ1) is 14.6. The maximum atomic E-state index is 13.0. The third-order valence-electron chi connectivity index (χ3n) is 5.71. The predicted molar refractivity (Wildman–Crippen MR) is 128 cm³/mol. The molecule has 0 heterocycles. The summed E-state index contributed by atoms with van der Waals surface area (Å²) in [5.74, 6) is 1.19. The van der Waals surface area contributed by atoms with Crippen LogP contribution in [0.1, 0.15) is 58.1 Å². The Balaban J connectivity index is 2.98. The number of thioether (sulfide) groups is 1. The van der Waals surface area contributed by atoms with Gasteiger partial charge in [-0.2, -0.15) is 11.8 Å². The van der Waals surface area contributed by atoms with Gasteiger partial charge in [0, 0.05) is 12.8 Å². The van der Waals surface area contributed by atoms with Crippen molar-refractivity contribution in [3.05, 3.63) is 35.4 Å². The fourth-order valence-corrected chi connectivity index (χ4v) is 4.70. The highest BCUT2D eigenvalue weighted by atomic mass is 32.2. The highest BCUT2D eigenvalue weighted by Gasteiger charge is 2.35. The van der Waals surface area contributed by atoms with Crippen molar-refractivity contribution in [2.75, 3.05) is 32.3 Å². The molecule has 0 aliphatic rings. The van der Waals surface area contributed by atoms with Gasteiger partial charge in [-0.25, -0.2) is 5.43 Å². The van der Waals surface area contributed by atoms with E-state index in [0.717, 1.165) is 35.5 Å². The van der Waals surface area contributed by atoms with Crippen LogP contribution in [-0.2, 0) is 26.2 Å². The number of carbonyl (C=O) groups excluding carboxylic acids is 2. The van der Waals surface area contributed by atoms with Gasteiger partial charge in [0.05, 0.1) is 25.0 Å². The first-order valence-electron chi connectivity index (χ1n) is 10.9. The van der Waals surface area contributed by atoms with E-state index in [0.29, 0.717) is 12.8 Å². The molecule has 1 amide bonds. The minimum absolute atomic E-state index is 0.0689. The molecular weight excluding hydrogens is 412 g/mol. The third kappa shape index (κ3) is 8.83. The lowest BCUT2D eigenvalue weighted by Crippen LogP contribution is -2.47. The summed E-state index contributed by atoms with van der Waals surface area (Å²) in [4.78, 5) is 24.9. The zero-order chi connectivity index (χ0) is 23.5. The first-order valence-corrected chi connectivity index (χ1v) is 12.1. The second-order valence-electron chi connectivity index (χ2n) is 9.16. The van der Waals surface area contributed by atoms with Gasteiger partial charge in [0.25, 0.3) is 0 Å². The number of aliphatic hydroxyl groups is 1. The first kappa shape index (κ1) is 27.5. The van der Waals surface area contributed by atoms with Crippen LogP contribution in [0.5, 0.6) is 0 Å². The van der Waals surface area contributed by atoms with Gasteiger partial charge in [0.1, 0.15) is 0 Å². The average Bonchev–Trinajstić information content (AvgIpc) is 2.73. The van der Waals surface area contributed by atoms with E-state index >= 15 is 0 Å². The molecule has 0 saturated carbocycles. The van der Waals surface area contributed by atoms with Crippen LogP contribution in [0, 0.1) is 11.3 Å². The number of aliphatic hydroxyl groups excluding tert-OH is 1. The number of hydrogen-bond donors (Lipinski definition) is 3. The number of rotatable bonds is 14. The van der Waals surface area contributed by atoms with Crippen molar-refractivity contribution in [1.29, 1.82) is 0 Å². The molecule has 3 N–H and O–H groups in total. The molecule has 1 aromatic rings. The number of benzene rings is 1. The summed E-state index contributed by atoms with van der Waals surface area (Å²) in [6.07, 6.45) is 3.18. The highest BCUT2D eigenvalue weighted by molar-refractivity contribution is 7.99. The van der Waals surface area contributed by atoms with Crippen molar-refractivity contribution in [3.8, 4) is 0 Å². The SMILES string of the molecule is CNNC(=O)C(C)(CCCC(C)(C)CSCCO)c1cccc(CC(C)C(=O)OC)c1. The zero-order valence-corrected chi connectivity index (χ0v) is 20.7. The van der Waals surface area contributed by atoms with E-state index in [1.54, 1.807) is 18.8 Å². The normalized spacial score (nSPS) is 14.5. The highest BCUT2D eigenvalue weighted by Crippen LogP contribution is 2.35. The van der Waals surface area contributed by atoms with Crippen molar-refractivity contribution in [1.82, 2.24) is 10.9 Å². The molecule has 31 heavy (non-hydrogen) atoms. The Labute approximate surface area is 191 Å². The summed E-state index contributed by atoms with van der Waals surface area (Å²) in [7, 11) is 3.09. The van der Waals surface area contributed by atoms with E-state index in [9.17, 15) is 9.59 Å². The van der Waals surface area contributed by atoms with E-state index in [4.69, 9.17) is 9.84 Å². The molecule has 2 atom stereocenters. The molecule has 6 nitrogen and oxygen atoms in total. The van der Waals surface area contributed by atoms with E-state index in [1.165, 1.54) is 7.11 Å². The number of hydrogen-bond acceptors (Lipinski definition) is 6. The Kier molecular flexibility index (Phi) is 11.6. The van der Waals surface area contributed by atoms with Crippen LogP contribution in [0.3, 0.4) is 0 Å². The van der Waals surface area contributed by atoms with E-state index < -0.39 is 5.41 Å². The Morgan fingerprint density at radius 2 is 1.94 bits per heavy atom. The molecule has 176 valence electrons. The van der Waals surface area contributed by atoms with Crippen LogP contribution in [0.4, 0.5) is 0 Å². The summed E-state index contributed by atoms with van der Waals surface area (Å²) in [6.45, 7) is 8.50. The monoisotopic (exact) mass is 452 g/mol. The molecule has 1 rings (SSSR count). The number of nitrogens with one attached hydrogen (secondary N) is 2. The van der Waals surface area contributed by atoms with Crippen LogP contribution >= 0.6 is 11.8 Å². The standard InChI is InChI=1S/C24H40N2O4S/c1-18(21(28)30-6)15-19-9-7-10-20(16-19)24(4,22(29)26-25-5)12-8-11-23(2,3)17-31-14-13-27/h7,9-10,16,18,25,27H,8,11-15,17H2,1-6H3,(H,26,29). The van der Waals surface area contributed by atoms with Crippen LogP contribution in [0.2, 0.25) is 0 Å². The average molecular weight is 453 g/mol. The van der Waals surface area contributed by atoms with Gasteiger partial charge in [0.15, 0.2) is 0 Å². The van der Waals surface area contributed by atoms with Gasteiger partial charge in [-0.3, -0.25) is 15.0 Å². The number of hydrazine groups is 1. The zero-order valence-electron chi connectivity index (χ0n) is 19.9. The summed E-state index contributed by atoms with van der Waals surface area (Å²) in [6, 6.07) is 7.97. The molecule has 2 unspecified atom stereocenters. The van der Waals surface area contributed by atoms with Gasteiger partial charge in [-0.05, 0) is 48.5 Å². The third-order valence-corrected chi connectivity index (χ3v) is 7.16. The van der Waals surface area contributed by atoms with Crippen molar-refractivity contribution in [2.24, 2.45) is 11.3 Å². The van der Waals surface area contributed by atoms with Crippen molar-refractivity contribution in [3.63, 3.8) is 0 Å². The lowest BCUT2D eigenvalue weighted by Gasteiger charge is -2.31. The molecule has 0 radical (unpaired) electrons. The van der Waals surface area contributed by atoms with Crippen LogP contribution in [0.25, 0.3) is 0 Å². The smallest absolute Gasteiger partial charge is 0.308 e. The number of ether oxygens (including phenoxy) is 1. The van der Waals surface area contributed by atoms with Crippen LogP contribution in [-0.4, -0.2) is 49.3 Å². The van der Waals surface area contributed by atoms with Gasteiger partial charge < -0.3 is 9.84 Å². The quantitative estimate of drug-likeness (QED) is 0.228. The maximum Gasteiger partial charge on any atom is 0.308 e. The van der Waals surface area contributed by atoms with Crippen LogP contribution < -0.4 is 10.9 Å². The van der Waals surface area contributed by atoms with Gasteiger partial charge in [-0.15, -0.1) is 0 Å². The Morgan fingerprint density at radius 3 is 2.55 bits per heavy atom. The summed E-state index contributed by atoms with van der Waals surface area (Å²) in [5.41, 5.74) is 6.94. The van der Waals surface area contributed by atoms with Crippen LogP contribution in [0.15, 0.2) is 24.3 Å². The van der Waals surface area contributed by atoms with Gasteiger partial charge in [-0.1, -0.05) is 51.5 Å². The molecule has 0 aromatic heterocycles. The minimum Gasteiger partial charge on any atom is -0.469 e. The number of amides is 1. The minimum atomic E-state index is -0.693. The molecule has 0 bridgehead atoms. The Hall–Kier alpha value is -1.57. The summed E-state index contributed by atoms with van der Waals surface area (Å²) in [5, 5.41) is 9.01. The van der Waals surface area contributed by atoms with Crippen molar-refractivity contribution < 1.29 is 19.4 Å². The number of esters is 1. The Bertz CT molecular complexity index is 711. The summed E-state index contributed by atoms with van der Waals surface area (Å²) >= 11 is 1.76. The molecule has 7 heteroatoms. The van der Waals surface area contributed by atoms with Gasteiger partial charge in [0.2, 0.25) is 5.91 Å².